The van der Waals surface area contributed by atoms with Crippen molar-refractivity contribution < 1.29 is 9.59 Å². The van der Waals surface area contributed by atoms with Crippen LogP contribution in [0.1, 0.15) is 42.1 Å². The quantitative estimate of drug-likeness (QED) is 0.483. The number of fused-ring (bicyclic) bond motifs is 1. The lowest BCUT2D eigenvalue weighted by Crippen LogP contribution is -2.23. The fraction of sp³-hybridized carbons (Fsp3) is 0.364. The molecule has 2 aromatic heterocycles. The van der Waals surface area contributed by atoms with E-state index in [0.717, 1.165) is 20.8 Å². The molecule has 1 aromatic carbocycles. The molecule has 164 valence electrons. The van der Waals surface area contributed by atoms with E-state index >= 15 is 0 Å². The van der Waals surface area contributed by atoms with Gasteiger partial charge in [0, 0.05) is 22.7 Å². The van der Waals surface area contributed by atoms with Crippen LogP contribution in [0.5, 0.6) is 0 Å². The Morgan fingerprint density at radius 3 is 2.68 bits per heavy atom. The van der Waals surface area contributed by atoms with E-state index < -0.39 is 0 Å². The Bertz CT molecular complexity index is 1200. The van der Waals surface area contributed by atoms with Gasteiger partial charge in [0.25, 0.3) is 5.56 Å². The number of H-pyrrole nitrogens is 1. The second-order valence-electron chi connectivity index (χ2n) is 7.35. The number of amides is 2. The van der Waals surface area contributed by atoms with Crippen LogP contribution < -0.4 is 16.2 Å². The summed E-state index contributed by atoms with van der Waals surface area (Å²) in [7, 11) is 0. The number of aromatic amines is 1. The fourth-order valence-electron chi connectivity index (χ4n) is 2.97. The summed E-state index contributed by atoms with van der Waals surface area (Å²) in [6, 6.07) is 5.42. The molecule has 3 rings (SSSR count). The van der Waals surface area contributed by atoms with Gasteiger partial charge in [0.05, 0.1) is 16.4 Å². The highest BCUT2D eigenvalue weighted by molar-refractivity contribution is 7.99. The zero-order chi connectivity index (χ0) is 22.7. The molecule has 0 radical (unpaired) electrons. The summed E-state index contributed by atoms with van der Waals surface area (Å²) < 4.78 is 0. The molecule has 3 N–H and O–H groups in total. The lowest BCUT2D eigenvalue weighted by Gasteiger charge is -2.15. The van der Waals surface area contributed by atoms with Crippen molar-refractivity contribution in [3.63, 3.8) is 0 Å². The molecule has 31 heavy (non-hydrogen) atoms. The number of aromatic nitrogens is 2. The maximum absolute atomic E-state index is 12.7. The normalized spacial score (nSPS) is 12.0. The second-order valence-corrected chi connectivity index (χ2v) is 9.88. The molecule has 0 bridgehead atoms. The Hall–Kier alpha value is -2.65. The van der Waals surface area contributed by atoms with E-state index in [9.17, 15) is 14.4 Å². The number of carbonyl (C=O) groups excluding carboxylic acids is 2. The van der Waals surface area contributed by atoms with Gasteiger partial charge in [0.2, 0.25) is 11.8 Å². The number of thioether (sulfide) groups is 1. The Labute approximate surface area is 189 Å². The molecule has 9 heteroatoms. The Morgan fingerprint density at radius 1 is 1.23 bits per heavy atom. The molecule has 2 heterocycles. The molecule has 0 aliphatic heterocycles. The number of benzene rings is 1. The lowest BCUT2D eigenvalue weighted by molar-refractivity contribution is -0.116. The minimum atomic E-state index is -0.360. The van der Waals surface area contributed by atoms with Crippen LogP contribution in [0.4, 0.5) is 11.4 Å². The third-order valence-corrected chi connectivity index (χ3v) is 7.28. The molecular formula is C22H26N4O3S2. The summed E-state index contributed by atoms with van der Waals surface area (Å²) in [5.41, 5.74) is 3.03. The van der Waals surface area contributed by atoms with E-state index in [1.165, 1.54) is 23.1 Å². The molecule has 0 fully saturated rings. The largest absolute Gasteiger partial charge is 0.326 e. The molecule has 0 saturated carbocycles. The van der Waals surface area contributed by atoms with E-state index in [4.69, 9.17) is 0 Å². The van der Waals surface area contributed by atoms with E-state index in [-0.39, 0.29) is 22.6 Å². The highest BCUT2D eigenvalue weighted by Gasteiger charge is 2.17. The van der Waals surface area contributed by atoms with Gasteiger partial charge >= 0.3 is 0 Å². The van der Waals surface area contributed by atoms with E-state index in [0.29, 0.717) is 34.8 Å². The first-order valence-corrected chi connectivity index (χ1v) is 11.9. The molecule has 0 aliphatic carbocycles. The summed E-state index contributed by atoms with van der Waals surface area (Å²) in [4.78, 5) is 45.9. The van der Waals surface area contributed by atoms with Gasteiger partial charge in [-0.3, -0.25) is 14.4 Å². The van der Waals surface area contributed by atoms with Crippen molar-refractivity contribution in [2.75, 3.05) is 10.6 Å². The third kappa shape index (κ3) is 5.34. The minimum Gasteiger partial charge on any atom is -0.326 e. The number of anilines is 2. The van der Waals surface area contributed by atoms with Crippen molar-refractivity contribution in [3.05, 3.63) is 50.4 Å². The van der Waals surface area contributed by atoms with Crippen LogP contribution in [-0.4, -0.2) is 27.0 Å². The van der Waals surface area contributed by atoms with Gasteiger partial charge in [-0.2, -0.15) is 0 Å². The van der Waals surface area contributed by atoms with Gasteiger partial charge in [-0.1, -0.05) is 13.0 Å². The van der Waals surface area contributed by atoms with Gasteiger partial charge in [0.1, 0.15) is 10.7 Å². The van der Waals surface area contributed by atoms with Crippen LogP contribution in [-0.2, 0) is 15.3 Å². The third-order valence-electron chi connectivity index (χ3n) is 5.03. The first-order chi connectivity index (χ1) is 14.7. The van der Waals surface area contributed by atoms with Crippen molar-refractivity contribution in [2.24, 2.45) is 0 Å². The predicted molar refractivity (Wildman–Crippen MR) is 129 cm³/mol. The first kappa shape index (κ1) is 23.0. The summed E-state index contributed by atoms with van der Waals surface area (Å²) in [6.45, 7) is 9.40. The van der Waals surface area contributed by atoms with Crippen LogP contribution in [0.2, 0.25) is 0 Å². The number of nitrogens with one attached hydrogen (secondary N) is 3. The van der Waals surface area contributed by atoms with Crippen LogP contribution in [0.3, 0.4) is 0 Å². The molecule has 2 amide bonds. The first-order valence-electron chi connectivity index (χ1n) is 10.0. The fourth-order valence-corrected chi connectivity index (χ4v) is 4.77. The second kappa shape index (κ2) is 9.65. The summed E-state index contributed by atoms with van der Waals surface area (Å²) in [6.07, 6.45) is 0.385. The van der Waals surface area contributed by atoms with Crippen molar-refractivity contribution in [2.45, 2.75) is 52.0 Å². The molecule has 0 saturated heterocycles. The summed E-state index contributed by atoms with van der Waals surface area (Å²) in [5.74, 6) is 0.739. The van der Waals surface area contributed by atoms with Crippen LogP contribution >= 0.6 is 23.1 Å². The van der Waals surface area contributed by atoms with E-state index in [1.54, 1.807) is 13.0 Å². The Morgan fingerprint density at radius 2 is 1.97 bits per heavy atom. The van der Waals surface area contributed by atoms with Crippen molar-refractivity contribution in [1.82, 2.24) is 9.97 Å². The Balaban J connectivity index is 1.66. The van der Waals surface area contributed by atoms with Crippen LogP contribution in [0, 0.1) is 20.8 Å². The molecule has 0 aliphatic rings. The van der Waals surface area contributed by atoms with Crippen LogP contribution in [0.25, 0.3) is 10.2 Å². The van der Waals surface area contributed by atoms with E-state index in [2.05, 4.69) is 20.6 Å². The van der Waals surface area contributed by atoms with Gasteiger partial charge in [0.15, 0.2) is 0 Å². The average molecular weight is 459 g/mol. The standard InChI is InChI=1S/C22H26N4O3S2/c1-6-18(27)23-15-8-7-11(2)16(9-15)24-20(28)14(5)30-10-17-25-21(29)19-12(3)13(4)31-22(19)26-17/h7-9,14H,6,10H2,1-5H3,(H,23,27)(H,24,28)(H,25,26,29). The maximum Gasteiger partial charge on any atom is 0.259 e. The lowest BCUT2D eigenvalue weighted by atomic mass is 10.1. The molecule has 1 atom stereocenters. The van der Waals surface area contributed by atoms with Crippen molar-refractivity contribution >= 4 is 56.5 Å². The monoisotopic (exact) mass is 458 g/mol. The zero-order valence-corrected chi connectivity index (χ0v) is 19.8. The smallest absolute Gasteiger partial charge is 0.259 e. The predicted octanol–water partition coefficient (Wildman–Crippen LogP) is 4.52. The number of thiophene rings is 1. The van der Waals surface area contributed by atoms with Gasteiger partial charge in [-0.25, -0.2) is 4.98 Å². The molecule has 1 unspecified atom stereocenters. The number of rotatable bonds is 7. The molecule has 3 aromatic rings. The molecule has 0 spiro atoms. The average Bonchev–Trinajstić information content (AvgIpc) is 3.02. The number of nitrogens with zero attached hydrogens (tertiary/aromatic N) is 1. The van der Waals surface area contributed by atoms with Crippen LogP contribution in [0.15, 0.2) is 23.0 Å². The summed E-state index contributed by atoms with van der Waals surface area (Å²) >= 11 is 2.91. The van der Waals surface area contributed by atoms with Gasteiger partial charge in [-0.05, 0) is 51.0 Å². The van der Waals surface area contributed by atoms with Crippen molar-refractivity contribution in [3.8, 4) is 0 Å². The number of carbonyl (C=O) groups is 2. The summed E-state index contributed by atoms with van der Waals surface area (Å²) in [5, 5.41) is 6.01. The molecule has 7 nitrogen and oxygen atoms in total. The Kier molecular flexibility index (Phi) is 7.17. The SMILES string of the molecule is CCC(=O)Nc1ccc(C)c(NC(=O)C(C)SCc2nc3sc(C)c(C)c3c(=O)[nH]2)c1. The molecular weight excluding hydrogens is 432 g/mol. The van der Waals surface area contributed by atoms with E-state index in [1.807, 2.05) is 39.8 Å². The zero-order valence-electron chi connectivity index (χ0n) is 18.2. The van der Waals surface area contributed by atoms with Gasteiger partial charge < -0.3 is 15.6 Å². The maximum atomic E-state index is 12.7. The number of hydrogen-bond donors (Lipinski definition) is 3. The number of aryl methyl sites for hydroxylation is 3. The van der Waals surface area contributed by atoms with Crippen molar-refractivity contribution in [1.29, 1.82) is 0 Å². The number of hydrogen-bond acceptors (Lipinski definition) is 6. The minimum absolute atomic E-state index is 0.0837. The van der Waals surface area contributed by atoms with Gasteiger partial charge in [-0.15, -0.1) is 23.1 Å². The topological polar surface area (TPSA) is 104 Å². The highest BCUT2D eigenvalue weighted by Crippen LogP contribution is 2.27. The highest BCUT2D eigenvalue weighted by atomic mass is 32.2.